The van der Waals surface area contributed by atoms with Crippen molar-refractivity contribution in [3.8, 4) is 11.5 Å². The Hall–Kier alpha value is -2.24. The van der Waals surface area contributed by atoms with E-state index in [-0.39, 0.29) is 6.03 Å². The third-order valence-corrected chi connectivity index (χ3v) is 5.19. The molecule has 1 fully saturated rings. The van der Waals surface area contributed by atoms with Gasteiger partial charge in [-0.1, -0.05) is 29.8 Å². The molecule has 1 saturated heterocycles. The van der Waals surface area contributed by atoms with E-state index in [9.17, 15) is 4.79 Å². The van der Waals surface area contributed by atoms with E-state index in [0.717, 1.165) is 49.6 Å². The number of likely N-dealkylation sites (N-methyl/N-ethyl adjacent to an activating group) is 1. The molecule has 136 valence electrons. The highest BCUT2D eigenvalue weighted by Gasteiger charge is 2.29. The van der Waals surface area contributed by atoms with Crippen molar-refractivity contribution < 1.29 is 9.53 Å². The standard InChI is InChI=1S/C20H22ClN3O2/c1-22-9-4-10-23(12-11-22)20(25)24-14-15-5-2-3-6-18(15)26-19-8-7-16(21)13-17(19)24/h2-3,5-8,13H,4,9-12,14H2,1H3. The van der Waals surface area contributed by atoms with Crippen molar-refractivity contribution in [3.63, 3.8) is 0 Å². The maximum atomic E-state index is 13.4. The highest BCUT2D eigenvalue weighted by atomic mass is 35.5. The number of benzene rings is 2. The lowest BCUT2D eigenvalue weighted by atomic mass is 10.2. The number of halogens is 1. The van der Waals surface area contributed by atoms with Gasteiger partial charge in [0.05, 0.1) is 12.2 Å². The Morgan fingerprint density at radius 1 is 1.04 bits per heavy atom. The van der Waals surface area contributed by atoms with Crippen molar-refractivity contribution in [2.24, 2.45) is 0 Å². The molecule has 0 bridgehead atoms. The van der Waals surface area contributed by atoms with E-state index < -0.39 is 0 Å². The van der Waals surface area contributed by atoms with Crippen molar-refractivity contribution in [3.05, 3.63) is 53.1 Å². The average molecular weight is 372 g/mol. The van der Waals surface area contributed by atoms with E-state index in [1.54, 1.807) is 11.0 Å². The quantitative estimate of drug-likeness (QED) is 0.696. The predicted octanol–water partition coefficient (Wildman–Crippen LogP) is 4.21. The molecule has 0 atom stereocenters. The molecule has 2 amide bonds. The number of rotatable bonds is 0. The second kappa shape index (κ2) is 7.17. The third kappa shape index (κ3) is 3.37. The number of para-hydroxylation sites is 1. The first-order chi connectivity index (χ1) is 12.6. The molecule has 4 rings (SSSR count). The van der Waals surface area contributed by atoms with Gasteiger partial charge in [0.25, 0.3) is 0 Å². The van der Waals surface area contributed by atoms with E-state index in [4.69, 9.17) is 16.3 Å². The van der Waals surface area contributed by atoms with Gasteiger partial charge in [0.1, 0.15) is 5.75 Å². The van der Waals surface area contributed by atoms with Crippen LogP contribution in [0.2, 0.25) is 5.02 Å². The summed E-state index contributed by atoms with van der Waals surface area (Å²) in [5, 5.41) is 0.590. The van der Waals surface area contributed by atoms with Crippen LogP contribution in [0, 0.1) is 0 Å². The maximum Gasteiger partial charge on any atom is 0.324 e. The Kier molecular flexibility index (Phi) is 4.74. The van der Waals surface area contributed by atoms with E-state index in [1.165, 1.54) is 0 Å². The number of hydrogen-bond acceptors (Lipinski definition) is 3. The lowest BCUT2D eigenvalue weighted by Crippen LogP contribution is -2.44. The number of nitrogens with zero attached hydrogens (tertiary/aromatic N) is 3. The molecule has 6 heteroatoms. The minimum atomic E-state index is 0.00381. The van der Waals surface area contributed by atoms with Gasteiger partial charge < -0.3 is 14.5 Å². The Morgan fingerprint density at radius 2 is 1.88 bits per heavy atom. The second-order valence-corrected chi connectivity index (χ2v) is 7.27. The zero-order valence-corrected chi connectivity index (χ0v) is 15.6. The minimum Gasteiger partial charge on any atom is -0.455 e. The largest absolute Gasteiger partial charge is 0.455 e. The Bertz CT molecular complexity index is 826. The zero-order chi connectivity index (χ0) is 18.1. The third-order valence-electron chi connectivity index (χ3n) is 4.95. The van der Waals surface area contributed by atoms with Crippen LogP contribution in [0.15, 0.2) is 42.5 Å². The molecule has 2 heterocycles. The van der Waals surface area contributed by atoms with Crippen LogP contribution in [0.3, 0.4) is 0 Å². The molecule has 2 aromatic rings. The number of fused-ring (bicyclic) bond motifs is 2. The van der Waals surface area contributed by atoms with Gasteiger partial charge in [-0.05, 0) is 44.3 Å². The van der Waals surface area contributed by atoms with Gasteiger partial charge in [-0.3, -0.25) is 4.90 Å². The number of carbonyl (C=O) groups excluding carboxylic acids is 1. The molecular weight excluding hydrogens is 350 g/mol. The van der Waals surface area contributed by atoms with Crippen molar-refractivity contribution in [1.29, 1.82) is 0 Å². The summed E-state index contributed by atoms with van der Waals surface area (Å²) < 4.78 is 6.09. The van der Waals surface area contributed by atoms with Gasteiger partial charge in [-0.25, -0.2) is 4.79 Å². The number of hydrogen-bond donors (Lipinski definition) is 0. The number of carbonyl (C=O) groups is 1. The van der Waals surface area contributed by atoms with Crippen LogP contribution < -0.4 is 9.64 Å². The maximum absolute atomic E-state index is 13.4. The van der Waals surface area contributed by atoms with Gasteiger partial charge in [0, 0.05) is 30.2 Å². The van der Waals surface area contributed by atoms with Gasteiger partial charge >= 0.3 is 6.03 Å². The lowest BCUT2D eigenvalue weighted by molar-refractivity contribution is 0.206. The second-order valence-electron chi connectivity index (χ2n) is 6.83. The first kappa shape index (κ1) is 17.2. The summed E-state index contributed by atoms with van der Waals surface area (Å²) in [5.74, 6) is 1.43. The Labute approximate surface area is 158 Å². The summed E-state index contributed by atoms with van der Waals surface area (Å²) >= 11 is 6.23. The normalized spacial score (nSPS) is 17.6. The summed E-state index contributed by atoms with van der Waals surface area (Å²) in [4.78, 5) is 19.4. The number of anilines is 1. The fourth-order valence-electron chi connectivity index (χ4n) is 3.47. The summed E-state index contributed by atoms with van der Waals surface area (Å²) in [6.07, 6.45) is 0.978. The fourth-order valence-corrected chi connectivity index (χ4v) is 3.64. The van der Waals surface area contributed by atoms with Crippen molar-refractivity contribution in [1.82, 2.24) is 9.80 Å². The summed E-state index contributed by atoms with van der Waals surface area (Å²) in [7, 11) is 2.10. The van der Waals surface area contributed by atoms with E-state index in [1.807, 2.05) is 41.3 Å². The molecule has 2 aromatic carbocycles. The first-order valence-electron chi connectivity index (χ1n) is 8.92. The molecule has 2 aliphatic rings. The molecular formula is C20H22ClN3O2. The SMILES string of the molecule is CN1CCCN(C(=O)N2Cc3ccccc3Oc3ccc(Cl)cc32)CC1. The molecule has 2 aliphatic heterocycles. The molecule has 0 saturated carbocycles. The molecule has 0 spiro atoms. The van der Waals surface area contributed by atoms with Crippen LogP contribution >= 0.6 is 11.6 Å². The lowest BCUT2D eigenvalue weighted by Gasteiger charge is -2.29. The van der Waals surface area contributed by atoms with Crippen molar-refractivity contribution in [2.45, 2.75) is 13.0 Å². The molecule has 5 nitrogen and oxygen atoms in total. The summed E-state index contributed by atoms with van der Waals surface area (Å²) in [6, 6.07) is 13.3. The minimum absolute atomic E-state index is 0.00381. The first-order valence-corrected chi connectivity index (χ1v) is 9.30. The predicted molar refractivity (Wildman–Crippen MR) is 103 cm³/mol. The van der Waals surface area contributed by atoms with Gasteiger partial charge in [0.15, 0.2) is 5.75 Å². The van der Waals surface area contributed by atoms with Gasteiger partial charge in [-0.2, -0.15) is 0 Å². The highest BCUT2D eigenvalue weighted by Crippen LogP contribution is 2.40. The molecule has 26 heavy (non-hydrogen) atoms. The van der Waals surface area contributed by atoms with Crippen LogP contribution in [0.1, 0.15) is 12.0 Å². The number of ether oxygens (including phenoxy) is 1. The van der Waals surface area contributed by atoms with E-state index in [2.05, 4.69) is 11.9 Å². The van der Waals surface area contributed by atoms with E-state index in [0.29, 0.717) is 17.3 Å². The van der Waals surface area contributed by atoms with Crippen molar-refractivity contribution >= 4 is 23.3 Å². The summed E-state index contributed by atoms with van der Waals surface area (Å²) in [5.41, 5.74) is 1.71. The number of urea groups is 1. The average Bonchev–Trinajstić information content (AvgIpc) is 2.95. The molecule has 0 N–H and O–H groups in total. The van der Waals surface area contributed by atoms with Crippen LogP contribution in [-0.2, 0) is 6.54 Å². The monoisotopic (exact) mass is 371 g/mol. The molecule has 0 aliphatic carbocycles. The number of amides is 2. The van der Waals surface area contributed by atoms with Crippen LogP contribution in [0.25, 0.3) is 0 Å². The van der Waals surface area contributed by atoms with Crippen LogP contribution in [0.4, 0.5) is 10.5 Å². The van der Waals surface area contributed by atoms with Crippen LogP contribution in [0.5, 0.6) is 11.5 Å². The zero-order valence-electron chi connectivity index (χ0n) is 14.8. The Morgan fingerprint density at radius 3 is 2.77 bits per heavy atom. The van der Waals surface area contributed by atoms with Gasteiger partial charge in [0.2, 0.25) is 0 Å². The van der Waals surface area contributed by atoms with Crippen LogP contribution in [-0.4, -0.2) is 49.1 Å². The summed E-state index contributed by atoms with van der Waals surface area (Å²) in [6.45, 7) is 3.85. The fraction of sp³-hybridized carbons (Fsp3) is 0.350. The smallest absolute Gasteiger partial charge is 0.324 e. The molecule has 0 unspecified atom stereocenters. The Balaban J connectivity index is 1.71. The topological polar surface area (TPSA) is 36.0 Å². The van der Waals surface area contributed by atoms with E-state index >= 15 is 0 Å². The highest BCUT2D eigenvalue weighted by molar-refractivity contribution is 6.31. The molecule has 0 radical (unpaired) electrons. The van der Waals surface area contributed by atoms with Gasteiger partial charge in [-0.15, -0.1) is 0 Å². The molecule has 0 aromatic heterocycles. The van der Waals surface area contributed by atoms with Crippen molar-refractivity contribution in [2.75, 3.05) is 38.1 Å².